The Morgan fingerprint density at radius 1 is 1.00 bits per heavy atom. The fourth-order valence-corrected chi connectivity index (χ4v) is 3.08. The maximum atomic E-state index is 13.2. The van der Waals surface area contributed by atoms with E-state index in [9.17, 15) is 18.4 Å². The summed E-state index contributed by atoms with van der Waals surface area (Å²) in [5.74, 6) is -3.22. The van der Waals surface area contributed by atoms with Crippen molar-refractivity contribution in [1.29, 1.82) is 0 Å². The lowest BCUT2D eigenvalue weighted by Crippen LogP contribution is -2.54. The maximum absolute atomic E-state index is 13.2. The van der Waals surface area contributed by atoms with E-state index in [0.29, 0.717) is 18.7 Å². The first-order chi connectivity index (χ1) is 12.9. The van der Waals surface area contributed by atoms with Gasteiger partial charge in [0.15, 0.2) is 0 Å². The number of urea groups is 1. The van der Waals surface area contributed by atoms with E-state index in [0.717, 1.165) is 10.8 Å². The average molecular weight is 376 g/mol. The van der Waals surface area contributed by atoms with Crippen LogP contribution in [0.1, 0.15) is 10.4 Å². The summed E-state index contributed by atoms with van der Waals surface area (Å²) in [5.41, 5.74) is 5.58. The first kappa shape index (κ1) is 19.0. The molecule has 1 aliphatic heterocycles. The number of hydrogen-bond acceptors (Lipinski definition) is 3. The third-order valence-corrected chi connectivity index (χ3v) is 4.67. The van der Waals surface area contributed by atoms with Gasteiger partial charge in [-0.25, -0.2) is 13.6 Å². The monoisotopic (exact) mass is 376 g/mol. The minimum atomic E-state index is -3.12. The molecule has 0 radical (unpaired) electrons. The minimum Gasteiger partial charge on any atom is -0.335 e. The molecule has 1 saturated heterocycles. The molecule has 1 aliphatic rings. The van der Waals surface area contributed by atoms with E-state index in [2.05, 4.69) is 5.32 Å². The van der Waals surface area contributed by atoms with E-state index in [1.54, 1.807) is 11.0 Å². The fourth-order valence-electron chi connectivity index (χ4n) is 3.08. The highest BCUT2D eigenvalue weighted by Crippen LogP contribution is 2.20. The predicted octanol–water partition coefficient (Wildman–Crippen LogP) is 1.90. The molecule has 8 heteroatoms. The van der Waals surface area contributed by atoms with E-state index in [-0.39, 0.29) is 19.0 Å². The number of amides is 3. The van der Waals surface area contributed by atoms with Gasteiger partial charge in [0.25, 0.3) is 11.8 Å². The minimum absolute atomic E-state index is 0.0958. The molecule has 2 aromatic rings. The van der Waals surface area contributed by atoms with Gasteiger partial charge in [0, 0.05) is 31.7 Å². The van der Waals surface area contributed by atoms with E-state index in [1.165, 1.54) is 4.90 Å². The normalized spacial score (nSPS) is 15.1. The Morgan fingerprint density at radius 2 is 1.63 bits per heavy atom. The molecule has 0 saturated carbocycles. The Hall–Kier alpha value is -2.74. The number of fused-ring (bicyclic) bond motifs is 1. The molecular weight excluding hydrogens is 354 g/mol. The molecule has 1 heterocycles. The second-order valence-corrected chi connectivity index (χ2v) is 6.52. The van der Waals surface area contributed by atoms with Crippen LogP contribution in [-0.2, 0) is 0 Å². The molecule has 0 aliphatic carbocycles. The van der Waals surface area contributed by atoms with Crippen molar-refractivity contribution in [1.82, 2.24) is 15.1 Å². The zero-order valence-electron chi connectivity index (χ0n) is 14.8. The van der Waals surface area contributed by atoms with Gasteiger partial charge in [-0.15, -0.1) is 0 Å². The van der Waals surface area contributed by atoms with Crippen molar-refractivity contribution < 1.29 is 18.4 Å². The highest BCUT2D eigenvalue weighted by atomic mass is 19.3. The zero-order chi connectivity index (χ0) is 19.4. The lowest BCUT2D eigenvalue weighted by atomic mass is 10.0. The van der Waals surface area contributed by atoms with E-state index in [4.69, 9.17) is 5.73 Å². The SMILES string of the molecule is NCC(F)(F)CNC(=O)N1CCN(C(=O)c2cccc3ccccc23)CC1. The Labute approximate surface area is 155 Å². The number of benzene rings is 2. The van der Waals surface area contributed by atoms with Gasteiger partial charge in [-0.3, -0.25) is 4.79 Å². The molecule has 0 atom stereocenters. The first-order valence-electron chi connectivity index (χ1n) is 8.79. The second kappa shape index (κ2) is 7.87. The number of piperazine rings is 1. The number of nitrogens with two attached hydrogens (primary N) is 1. The molecule has 3 amide bonds. The van der Waals surface area contributed by atoms with Crippen molar-refractivity contribution >= 4 is 22.7 Å². The van der Waals surface area contributed by atoms with E-state index >= 15 is 0 Å². The van der Waals surface area contributed by atoms with Gasteiger partial charge in [0.2, 0.25) is 0 Å². The Kier molecular flexibility index (Phi) is 5.55. The van der Waals surface area contributed by atoms with Crippen LogP contribution in [0.5, 0.6) is 0 Å². The smallest absolute Gasteiger partial charge is 0.317 e. The number of carbonyl (C=O) groups is 2. The molecule has 27 heavy (non-hydrogen) atoms. The average Bonchev–Trinajstić information content (AvgIpc) is 2.71. The molecular formula is C19H22F2N4O2. The quantitative estimate of drug-likeness (QED) is 0.856. The molecule has 144 valence electrons. The number of rotatable bonds is 4. The third-order valence-electron chi connectivity index (χ3n) is 4.67. The second-order valence-electron chi connectivity index (χ2n) is 6.52. The van der Waals surface area contributed by atoms with Gasteiger partial charge >= 0.3 is 6.03 Å². The number of alkyl halides is 2. The topological polar surface area (TPSA) is 78.7 Å². The highest BCUT2D eigenvalue weighted by molar-refractivity contribution is 6.07. The van der Waals surface area contributed by atoms with Crippen molar-refractivity contribution in [2.75, 3.05) is 39.3 Å². The maximum Gasteiger partial charge on any atom is 0.317 e. The Balaban J connectivity index is 1.60. The highest BCUT2D eigenvalue weighted by Gasteiger charge is 2.30. The van der Waals surface area contributed by atoms with Crippen LogP contribution >= 0.6 is 0 Å². The molecule has 3 N–H and O–H groups in total. The number of carbonyl (C=O) groups excluding carboxylic acids is 2. The standard InChI is InChI=1S/C19H22F2N4O2/c20-19(21,12-22)13-23-18(27)25-10-8-24(9-11-25)17(26)16-7-3-5-14-4-1-2-6-15(14)16/h1-7H,8-13,22H2,(H,23,27). The molecule has 6 nitrogen and oxygen atoms in total. The number of nitrogens with zero attached hydrogens (tertiary/aromatic N) is 2. The van der Waals surface area contributed by atoms with Crippen LogP contribution in [0.4, 0.5) is 13.6 Å². The number of halogens is 2. The van der Waals surface area contributed by atoms with Gasteiger partial charge in [0.05, 0.1) is 13.1 Å². The van der Waals surface area contributed by atoms with Crippen LogP contribution in [0.25, 0.3) is 10.8 Å². The predicted molar refractivity (Wildman–Crippen MR) is 98.8 cm³/mol. The van der Waals surface area contributed by atoms with E-state index in [1.807, 2.05) is 36.4 Å². The summed E-state index contributed by atoms with van der Waals surface area (Å²) in [6.45, 7) is -0.337. The number of hydrogen-bond donors (Lipinski definition) is 2. The summed E-state index contributed by atoms with van der Waals surface area (Å²) >= 11 is 0. The van der Waals surface area contributed by atoms with Crippen molar-refractivity contribution in [2.45, 2.75) is 5.92 Å². The molecule has 0 bridgehead atoms. The van der Waals surface area contributed by atoms with Crippen LogP contribution in [-0.4, -0.2) is 66.9 Å². The molecule has 0 spiro atoms. The Bertz CT molecular complexity index is 830. The van der Waals surface area contributed by atoms with Crippen LogP contribution in [0, 0.1) is 0 Å². The molecule has 0 aromatic heterocycles. The van der Waals surface area contributed by atoms with Crippen molar-refractivity contribution in [3.63, 3.8) is 0 Å². The van der Waals surface area contributed by atoms with Crippen LogP contribution in [0.15, 0.2) is 42.5 Å². The van der Waals surface area contributed by atoms with Gasteiger partial charge in [0.1, 0.15) is 0 Å². The first-order valence-corrected chi connectivity index (χ1v) is 8.79. The van der Waals surface area contributed by atoms with Crippen molar-refractivity contribution in [3.8, 4) is 0 Å². The summed E-state index contributed by atoms with van der Waals surface area (Å²) < 4.78 is 26.3. The summed E-state index contributed by atoms with van der Waals surface area (Å²) in [6.07, 6.45) is 0. The van der Waals surface area contributed by atoms with E-state index < -0.39 is 25.0 Å². The molecule has 1 fully saturated rings. The summed E-state index contributed by atoms with van der Waals surface area (Å²) in [4.78, 5) is 28.0. The third kappa shape index (κ3) is 4.33. The van der Waals surface area contributed by atoms with Gasteiger partial charge in [-0.1, -0.05) is 36.4 Å². The van der Waals surface area contributed by atoms with Crippen LogP contribution in [0.3, 0.4) is 0 Å². The summed E-state index contributed by atoms with van der Waals surface area (Å²) in [6, 6.07) is 12.7. The van der Waals surface area contributed by atoms with Gasteiger partial charge < -0.3 is 20.9 Å². The lowest BCUT2D eigenvalue weighted by molar-refractivity contribution is 0.0127. The van der Waals surface area contributed by atoms with Crippen molar-refractivity contribution in [3.05, 3.63) is 48.0 Å². The summed E-state index contributed by atoms with van der Waals surface area (Å²) in [7, 11) is 0. The fraction of sp³-hybridized carbons (Fsp3) is 0.368. The molecule has 2 aromatic carbocycles. The summed E-state index contributed by atoms with van der Waals surface area (Å²) in [5, 5.41) is 4.07. The lowest BCUT2D eigenvalue weighted by Gasteiger charge is -2.35. The van der Waals surface area contributed by atoms with Crippen LogP contribution in [0.2, 0.25) is 0 Å². The zero-order valence-corrected chi connectivity index (χ0v) is 14.8. The number of nitrogens with one attached hydrogen (secondary N) is 1. The largest absolute Gasteiger partial charge is 0.335 e. The molecule has 3 rings (SSSR count). The molecule has 0 unspecified atom stereocenters. The van der Waals surface area contributed by atoms with Gasteiger partial charge in [-0.05, 0) is 16.8 Å². The van der Waals surface area contributed by atoms with Crippen molar-refractivity contribution in [2.24, 2.45) is 5.73 Å². The van der Waals surface area contributed by atoms with Crippen LogP contribution < -0.4 is 11.1 Å². The van der Waals surface area contributed by atoms with Gasteiger partial charge in [-0.2, -0.15) is 0 Å². The Morgan fingerprint density at radius 3 is 2.33 bits per heavy atom.